The van der Waals surface area contributed by atoms with Gasteiger partial charge in [-0.1, -0.05) is 0 Å². The van der Waals surface area contributed by atoms with Crippen LogP contribution in [0.3, 0.4) is 0 Å². The summed E-state index contributed by atoms with van der Waals surface area (Å²) in [7, 11) is 0. The zero-order valence-electron chi connectivity index (χ0n) is 14.7. The van der Waals surface area contributed by atoms with E-state index in [1.807, 2.05) is 0 Å². The number of halogens is 5. The molecule has 2 heterocycles. The van der Waals surface area contributed by atoms with Gasteiger partial charge >= 0.3 is 6.18 Å². The summed E-state index contributed by atoms with van der Waals surface area (Å²) in [6, 6.07) is 5.14. The first-order chi connectivity index (χ1) is 13.5. The molecule has 1 amide bonds. The van der Waals surface area contributed by atoms with Crippen molar-refractivity contribution in [3.8, 4) is 11.4 Å². The number of hydrogen-bond donors (Lipinski definition) is 1. The zero-order chi connectivity index (χ0) is 21.3. The van der Waals surface area contributed by atoms with E-state index in [1.165, 1.54) is 13.0 Å². The van der Waals surface area contributed by atoms with Crippen molar-refractivity contribution in [2.24, 2.45) is 5.73 Å². The molecule has 0 spiro atoms. The van der Waals surface area contributed by atoms with E-state index in [0.29, 0.717) is 5.56 Å². The molecule has 0 saturated heterocycles. The third-order valence-electron chi connectivity index (χ3n) is 3.80. The van der Waals surface area contributed by atoms with Gasteiger partial charge in [-0.25, -0.2) is 9.67 Å². The van der Waals surface area contributed by atoms with E-state index < -0.39 is 29.5 Å². The molecule has 11 heteroatoms. The summed E-state index contributed by atoms with van der Waals surface area (Å²) < 4.78 is 66.9. The normalized spacial score (nSPS) is 12.3. The monoisotopic (exact) mass is 409 g/mol. The molecule has 29 heavy (non-hydrogen) atoms. The molecule has 0 aliphatic rings. The highest BCUT2D eigenvalue weighted by atomic mass is 19.4. The van der Waals surface area contributed by atoms with Crippen molar-refractivity contribution in [2.45, 2.75) is 13.1 Å². The Kier molecular flexibility index (Phi) is 5.14. The summed E-state index contributed by atoms with van der Waals surface area (Å²) in [6.45, 7) is 1.49. The average Bonchev–Trinajstić information content (AvgIpc) is 3.07. The summed E-state index contributed by atoms with van der Waals surface area (Å²) in [5.41, 5.74) is 4.07. The number of carbonyl (C=O) groups excluding carboxylic acids is 1. The van der Waals surface area contributed by atoms with E-state index in [0.717, 1.165) is 41.5 Å². The van der Waals surface area contributed by atoms with Gasteiger partial charge in [0.1, 0.15) is 6.33 Å². The van der Waals surface area contributed by atoms with E-state index in [4.69, 9.17) is 5.73 Å². The number of alkyl halides is 3. The van der Waals surface area contributed by atoms with Crippen LogP contribution in [0.15, 0.2) is 36.7 Å². The molecule has 0 aliphatic carbocycles. The Morgan fingerprint density at radius 1 is 1.17 bits per heavy atom. The molecule has 1 aromatic carbocycles. The fourth-order valence-corrected chi connectivity index (χ4v) is 2.56. The van der Waals surface area contributed by atoms with Gasteiger partial charge in [0.25, 0.3) is 5.91 Å². The number of pyridine rings is 1. The van der Waals surface area contributed by atoms with Crippen LogP contribution in [0.4, 0.5) is 22.0 Å². The summed E-state index contributed by atoms with van der Waals surface area (Å²) >= 11 is 0. The van der Waals surface area contributed by atoms with Gasteiger partial charge < -0.3 is 5.73 Å². The highest BCUT2D eigenvalue weighted by Crippen LogP contribution is 2.32. The second-order valence-electron chi connectivity index (χ2n) is 6.01. The molecule has 150 valence electrons. The number of nitrogens with zero attached hydrogens (tertiary/aromatic N) is 4. The summed E-state index contributed by atoms with van der Waals surface area (Å²) in [4.78, 5) is 18.6. The maximum Gasteiger partial charge on any atom is 0.416 e. The zero-order valence-corrected chi connectivity index (χ0v) is 14.7. The summed E-state index contributed by atoms with van der Waals surface area (Å²) in [6.07, 6.45) is -2.44. The Balaban J connectivity index is 2.03. The molecule has 0 aliphatic heterocycles. The van der Waals surface area contributed by atoms with Crippen molar-refractivity contribution in [1.82, 2.24) is 19.7 Å². The number of nitrogens with two attached hydrogens (primary N) is 1. The maximum atomic E-state index is 13.9. The van der Waals surface area contributed by atoms with E-state index in [1.54, 1.807) is 0 Å². The minimum Gasteiger partial charge on any atom is -0.366 e. The number of aromatic nitrogens is 4. The van der Waals surface area contributed by atoms with Gasteiger partial charge in [-0.15, -0.1) is 5.10 Å². The lowest BCUT2D eigenvalue weighted by Gasteiger charge is -2.09. The molecule has 0 fully saturated rings. The van der Waals surface area contributed by atoms with E-state index in [2.05, 4.69) is 15.1 Å². The van der Waals surface area contributed by atoms with E-state index in [-0.39, 0.29) is 22.5 Å². The minimum atomic E-state index is -4.55. The van der Waals surface area contributed by atoms with Crippen molar-refractivity contribution < 1.29 is 26.7 Å². The van der Waals surface area contributed by atoms with Crippen LogP contribution in [0.2, 0.25) is 0 Å². The SMILES string of the molecule is Cc1cc(-c2ncn(/C=C(/C(N)=O)c3ccc(F)nc3F)n2)cc(C(F)(F)F)c1. The first kappa shape index (κ1) is 20.1. The second kappa shape index (κ2) is 7.41. The second-order valence-corrected chi connectivity index (χ2v) is 6.01. The number of rotatable bonds is 4. The fourth-order valence-electron chi connectivity index (χ4n) is 2.56. The number of hydrogen-bond acceptors (Lipinski definition) is 4. The lowest BCUT2D eigenvalue weighted by Crippen LogP contribution is -2.15. The Morgan fingerprint density at radius 3 is 2.52 bits per heavy atom. The lowest BCUT2D eigenvalue weighted by molar-refractivity contribution is -0.137. The largest absolute Gasteiger partial charge is 0.416 e. The van der Waals surface area contributed by atoms with Crippen LogP contribution in [-0.4, -0.2) is 25.7 Å². The molecule has 2 aromatic heterocycles. The van der Waals surface area contributed by atoms with Crippen molar-refractivity contribution in [3.05, 3.63) is 65.2 Å². The Hall–Kier alpha value is -3.63. The fraction of sp³-hybridized carbons (Fsp3) is 0.111. The van der Waals surface area contributed by atoms with Crippen LogP contribution in [0.1, 0.15) is 16.7 Å². The van der Waals surface area contributed by atoms with Crippen LogP contribution in [0, 0.1) is 18.8 Å². The van der Waals surface area contributed by atoms with Gasteiger partial charge in [0.15, 0.2) is 5.82 Å². The van der Waals surface area contributed by atoms with Crippen molar-refractivity contribution in [3.63, 3.8) is 0 Å². The lowest BCUT2D eigenvalue weighted by atomic mass is 10.1. The Morgan fingerprint density at radius 2 is 1.90 bits per heavy atom. The molecule has 3 aromatic rings. The molecule has 0 atom stereocenters. The predicted molar refractivity (Wildman–Crippen MR) is 92.7 cm³/mol. The molecule has 2 N–H and O–H groups in total. The van der Waals surface area contributed by atoms with Gasteiger partial charge in [0, 0.05) is 17.3 Å². The topological polar surface area (TPSA) is 86.7 Å². The van der Waals surface area contributed by atoms with Crippen molar-refractivity contribution >= 4 is 17.7 Å². The molecule has 3 rings (SSSR count). The van der Waals surface area contributed by atoms with Gasteiger partial charge in [-0.05, 0) is 42.8 Å². The Labute approximate surface area is 160 Å². The smallest absolute Gasteiger partial charge is 0.366 e. The van der Waals surface area contributed by atoms with Crippen molar-refractivity contribution in [2.75, 3.05) is 0 Å². The van der Waals surface area contributed by atoms with Crippen molar-refractivity contribution in [1.29, 1.82) is 0 Å². The van der Waals surface area contributed by atoms with Crippen LogP contribution in [0.25, 0.3) is 23.2 Å². The van der Waals surface area contributed by atoms with Crippen LogP contribution in [0.5, 0.6) is 0 Å². The third-order valence-corrected chi connectivity index (χ3v) is 3.80. The molecule has 0 unspecified atom stereocenters. The first-order valence-corrected chi connectivity index (χ1v) is 7.99. The quantitative estimate of drug-likeness (QED) is 0.406. The molecular formula is C18H12F5N5O. The van der Waals surface area contributed by atoms with Gasteiger partial charge in [0.05, 0.1) is 11.1 Å². The third kappa shape index (κ3) is 4.45. The molecule has 0 radical (unpaired) electrons. The van der Waals surface area contributed by atoms with E-state index in [9.17, 15) is 26.7 Å². The van der Waals surface area contributed by atoms with Crippen LogP contribution in [-0.2, 0) is 11.0 Å². The maximum absolute atomic E-state index is 13.9. The Bertz CT molecular complexity index is 1120. The molecule has 0 saturated carbocycles. The summed E-state index contributed by atoms with van der Waals surface area (Å²) in [5, 5.41) is 3.98. The average molecular weight is 409 g/mol. The number of aryl methyl sites for hydroxylation is 1. The molecule has 6 nitrogen and oxygen atoms in total. The number of amides is 1. The van der Waals surface area contributed by atoms with E-state index >= 15 is 0 Å². The number of benzene rings is 1. The van der Waals surface area contributed by atoms with Gasteiger partial charge in [-0.3, -0.25) is 4.79 Å². The number of carbonyl (C=O) groups is 1. The molecular weight excluding hydrogens is 397 g/mol. The predicted octanol–water partition coefficient (Wildman–Crippen LogP) is 3.43. The standard InChI is InChI=1S/C18H12F5N5O/c1-9-4-10(6-11(5-9)18(21,22)23)17-25-8-28(27-17)7-13(16(24)29)12-2-3-14(19)26-15(12)20/h2-8H,1H3,(H2,24,29)/b13-7+. The van der Waals surface area contributed by atoms with Crippen LogP contribution >= 0.6 is 0 Å². The highest BCUT2D eigenvalue weighted by Gasteiger charge is 2.31. The van der Waals surface area contributed by atoms with Gasteiger partial charge in [0.2, 0.25) is 11.9 Å². The minimum absolute atomic E-state index is 0.0584. The number of primary amides is 1. The van der Waals surface area contributed by atoms with Gasteiger partial charge in [-0.2, -0.15) is 26.9 Å². The molecule has 0 bridgehead atoms. The van der Waals surface area contributed by atoms with Crippen LogP contribution < -0.4 is 5.73 Å². The highest BCUT2D eigenvalue weighted by molar-refractivity contribution is 6.22. The summed E-state index contributed by atoms with van der Waals surface area (Å²) in [5.74, 6) is -3.46. The first-order valence-electron chi connectivity index (χ1n) is 7.99.